The van der Waals surface area contributed by atoms with E-state index in [1.165, 1.54) is 4.90 Å². The van der Waals surface area contributed by atoms with Crippen molar-refractivity contribution >= 4 is 28.5 Å². The number of pyridine rings is 3. The molecule has 0 saturated heterocycles. The normalized spacial score (nSPS) is 10.8. The van der Waals surface area contributed by atoms with Crippen LogP contribution in [0.5, 0.6) is 0 Å². The molecule has 0 unspecified atom stereocenters. The molecule has 0 atom stereocenters. The Morgan fingerprint density at radius 2 is 1.65 bits per heavy atom. The van der Waals surface area contributed by atoms with Crippen molar-refractivity contribution in [2.24, 2.45) is 0 Å². The van der Waals surface area contributed by atoms with Gasteiger partial charge in [-0.3, -0.25) is 4.98 Å². The number of hydrogen-bond donors (Lipinski definition) is 1. The highest BCUT2D eigenvalue weighted by Gasteiger charge is 2.18. The predicted octanol–water partition coefficient (Wildman–Crippen LogP) is 5.12. The summed E-state index contributed by atoms with van der Waals surface area (Å²) in [5.74, 6) is 0. The Balaban J connectivity index is 2.06. The van der Waals surface area contributed by atoms with Gasteiger partial charge in [-0.2, -0.15) is 0 Å². The van der Waals surface area contributed by atoms with Gasteiger partial charge in [-0.05, 0) is 48.2 Å². The number of rotatable bonds is 4. The van der Waals surface area contributed by atoms with E-state index in [0.29, 0.717) is 0 Å². The number of benzene rings is 1. The van der Waals surface area contributed by atoms with E-state index in [9.17, 15) is 0 Å². The van der Waals surface area contributed by atoms with Crippen molar-refractivity contribution in [3.05, 3.63) is 67.1 Å². The summed E-state index contributed by atoms with van der Waals surface area (Å²) < 4.78 is 0. The maximum absolute atomic E-state index is 4.91. The van der Waals surface area contributed by atoms with Crippen LogP contribution in [0, 0.1) is 0 Å². The van der Waals surface area contributed by atoms with Gasteiger partial charge in [0.05, 0.1) is 11.4 Å². The quantitative estimate of drug-likeness (QED) is 0.513. The van der Waals surface area contributed by atoms with Crippen molar-refractivity contribution in [1.29, 1.82) is 0 Å². The zero-order valence-corrected chi connectivity index (χ0v) is 15.4. The fraction of sp³-hybridized carbons (Fsp3) is 0.0952. The van der Waals surface area contributed by atoms with Gasteiger partial charge in [0.1, 0.15) is 0 Å². The van der Waals surface area contributed by atoms with Crippen molar-refractivity contribution in [3.63, 3.8) is 0 Å². The van der Waals surface area contributed by atoms with Gasteiger partial charge < -0.3 is 5.32 Å². The third kappa shape index (κ3) is 2.91. The average Bonchev–Trinajstić information content (AvgIpc) is 2.73. The molecular formula is C21H18N4S. The first kappa shape index (κ1) is 16.5. The zero-order chi connectivity index (χ0) is 17.9. The molecule has 4 rings (SSSR count). The molecule has 128 valence electrons. The minimum absolute atomic E-state index is 0.735. The topological polar surface area (TPSA) is 50.7 Å². The number of hydrogen-bond acceptors (Lipinski definition) is 5. The summed E-state index contributed by atoms with van der Waals surface area (Å²) in [5, 5.41) is 4.37. The Labute approximate surface area is 156 Å². The van der Waals surface area contributed by atoms with E-state index in [-0.39, 0.29) is 0 Å². The molecule has 1 aromatic carbocycles. The molecule has 0 aliphatic heterocycles. The molecule has 1 N–H and O–H groups in total. The van der Waals surface area contributed by atoms with Gasteiger partial charge in [-0.25, -0.2) is 9.97 Å². The van der Waals surface area contributed by atoms with Gasteiger partial charge in [-0.15, -0.1) is 11.8 Å². The molecule has 0 aliphatic rings. The smallest absolute Gasteiger partial charge is 0.161 e. The maximum atomic E-state index is 4.91. The highest BCUT2D eigenvalue weighted by atomic mass is 32.2. The third-order valence-corrected chi connectivity index (χ3v) is 5.09. The standard InChI is InChI=1S/C21H18N4S/c1-22-20-17-4-3-11-24-21(17)25-19(15-5-7-16(26-2)8-6-15)18(20)14-9-12-23-13-10-14/h3-13H,1-2H3,(H,22,24,25). The number of thioether (sulfide) groups is 1. The summed E-state index contributed by atoms with van der Waals surface area (Å²) in [7, 11) is 1.94. The lowest BCUT2D eigenvalue weighted by Gasteiger charge is -2.17. The molecule has 5 heteroatoms. The van der Waals surface area contributed by atoms with Crippen LogP contribution in [0.25, 0.3) is 33.4 Å². The largest absolute Gasteiger partial charge is 0.387 e. The second-order valence-corrected chi connectivity index (χ2v) is 6.68. The second kappa shape index (κ2) is 7.14. The Morgan fingerprint density at radius 3 is 2.35 bits per heavy atom. The Kier molecular flexibility index (Phi) is 4.54. The third-order valence-electron chi connectivity index (χ3n) is 4.34. The Morgan fingerprint density at radius 1 is 0.885 bits per heavy atom. The average molecular weight is 358 g/mol. The van der Waals surface area contributed by atoms with Gasteiger partial charge in [-0.1, -0.05) is 12.1 Å². The van der Waals surface area contributed by atoms with Gasteiger partial charge in [0.15, 0.2) is 5.65 Å². The van der Waals surface area contributed by atoms with E-state index in [2.05, 4.69) is 45.8 Å². The first-order valence-electron chi connectivity index (χ1n) is 8.33. The Hall–Kier alpha value is -2.92. The molecule has 3 heterocycles. The lowest BCUT2D eigenvalue weighted by Crippen LogP contribution is -2.00. The molecule has 26 heavy (non-hydrogen) atoms. The summed E-state index contributed by atoms with van der Waals surface area (Å²) in [5.41, 5.74) is 5.88. The number of nitrogens with zero attached hydrogens (tertiary/aromatic N) is 3. The monoisotopic (exact) mass is 358 g/mol. The summed E-state index contributed by atoms with van der Waals surface area (Å²) in [4.78, 5) is 14.8. The fourth-order valence-corrected chi connectivity index (χ4v) is 3.52. The lowest BCUT2D eigenvalue weighted by molar-refractivity contribution is 1.27. The van der Waals surface area contributed by atoms with Gasteiger partial charge in [0, 0.05) is 47.0 Å². The number of anilines is 1. The van der Waals surface area contributed by atoms with E-state index in [1.54, 1.807) is 18.0 Å². The van der Waals surface area contributed by atoms with E-state index in [1.807, 2.05) is 43.7 Å². The molecular weight excluding hydrogens is 340 g/mol. The van der Waals surface area contributed by atoms with Crippen LogP contribution in [-0.4, -0.2) is 28.3 Å². The van der Waals surface area contributed by atoms with Gasteiger partial charge >= 0.3 is 0 Å². The molecule has 0 radical (unpaired) electrons. The molecule has 3 aromatic heterocycles. The van der Waals surface area contributed by atoms with E-state index >= 15 is 0 Å². The SMILES string of the molecule is CNc1c(-c2ccncc2)c(-c2ccc(SC)cc2)nc2ncccc12. The van der Waals surface area contributed by atoms with Crippen LogP contribution in [0.4, 0.5) is 5.69 Å². The predicted molar refractivity (Wildman–Crippen MR) is 110 cm³/mol. The molecule has 0 fully saturated rings. The molecule has 4 nitrogen and oxygen atoms in total. The molecule has 4 aromatic rings. The van der Waals surface area contributed by atoms with Crippen LogP contribution in [0.2, 0.25) is 0 Å². The fourth-order valence-electron chi connectivity index (χ4n) is 3.11. The first-order chi connectivity index (χ1) is 12.8. The van der Waals surface area contributed by atoms with E-state index in [0.717, 1.165) is 39.1 Å². The minimum atomic E-state index is 0.735. The van der Waals surface area contributed by atoms with Crippen LogP contribution >= 0.6 is 11.8 Å². The van der Waals surface area contributed by atoms with Gasteiger partial charge in [0.25, 0.3) is 0 Å². The van der Waals surface area contributed by atoms with Gasteiger partial charge in [0.2, 0.25) is 0 Å². The van der Waals surface area contributed by atoms with Crippen molar-refractivity contribution in [3.8, 4) is 22.4 Å². The van der Waals surface area contributed by atoms with Crippen LogP contribution in [-0.2, 0) is 0 Å². The minimum Gasteiger partial charge on any atom is -0.387 e. The second-order valence-electron chi connectivity index (χ2n) is 5.80. The van der Waals surface area contributed by atoms with Crippen LogP contribution in [0.1, 0.15) is 0 Å². The summed E-state index contributed by atoms with van der Waals surface area (Å²) >= 11 is 1.73. The lowest BCUT2D eigenvalue weighted by atomic mass is 9.96. The maximum Gasteiger partial charge on any atom is 0.161 e. The van der Waals surface area contributed by atoms with Crippen molar-refractivity contribution in [2.45, 2.75) is 4.90 Å². The summed E-state index contributed by atoms with van der Waals surface area (Å²) in [6, 6.07) is 16.5. The van der Waals surface area contributed by atoms with Crippen molar-refractivity contribution in [2.75, 3.05) is 18.6 Å². The van der Waals surface area contributed by atoms with Crippen molar-refractivity contribution < 1.29 is 0 Å². The number of fused-ring (bicyclic) bond motifs is 1. The highest BCUT2D eigenvalue weighted by Crippen LogP contribution is 2.40. The number of aromatic nitrogens is 3. The molecule has 0 aliphatic carbocycles. The van der Waals surface area contributed by atoms with Crippen molar-refractivity contribution in [1.82, 2.24) is 15.0 Å². The number of nitrogens with one attached hydrogen (secondary N) is 1. The van der Waals surface area contributed by atoms with E-state index < -0.39 is 0 Å². The van der Waals surface area contributed by atoms with E-state index in [4.69, 9.17) is 4.98 Å². The molecule has 0 bridgehead atoms. The Bertz CT molecular complexity index is 1050. The van der Waals surface area contributed by atoms with Crippen LogP contribution in [0.15, 0.2) is 72.0 Å². The summed E-state index contributed by atoms with van der Waals surface area (Å²) in [6.45, 7) is 0. The molecule has 0 spiro atoms. The first-order valence-corrected chi connectivity index (χ1v) is 9.55. The van der Waals surface area contributed by atoms with Crippen LogP contribution in [0.3, 0.4) is 0 Å². The molecule has 0 amide bonds. The summed E-state index contributed by atoms with van der Waals surface area (Å²) in [6.07, 6.45) is 7.47. The molecule has 0 saturated carbocycles. The highest BCUT2D eigenvalue weighted by molar-refractivity contribution is 7.98. The zero-order valence-electron chi connectivity index (χ0n) is 14.6. The van der Waals surface area contributed by atoms with Crippen LogP contribution < -0.4 is 5.32 Å².